The molecule has 0 unspecified atom stereocenters. The third-order valence-electron chi connectivity index (χ3n) is 6.02. The largest absolute Gasteiger partial charge is 0.494 e. The van der Waals surface area contributed by atoms with Crippen LogP contribution in [0.1, 0.15) is 54.9 Å². The molecule has 0 spiro atoms. The molecule has 2 heterocycles. The summed E-state index contributed by atoms with van der Waals surface area (Å²) in [6.45, 7) is 6.60. The van der Waals surface area contributed by atoms with Crippen molar-refractivity contribution in [2.45, 2.75) is 46.0 Å². The van der Waals surface area contributed by atoms with Crippen molar-refractivity contribution in [1.29, 1.82) is 0 Å². The van der Waals surface area contributed by atoms with Gasteiger partial charge in [0.1, 0.15) is 11.6 Å². The molecule has 0 aliphatic carbocycles. The number of hydrogen-bond donors (Lipinski definition) is 1. The Morgan fingerprint density at radius 3 is 2.71 bits per heavy atom. The van der Waals surface area contributed by atoms with Crippen LogP contribution in [-0.4, -0.2) is 42.2 Å². The molecule has 1 atom stereocenters. The van der Waals surface area contributed by atoms with Gasteiger partial charge >= 0.3 is 0 Å². The van der Waals surface area contributed by atoms with E-state index in [1.165, 1.54) is 12.8 Å². The number of hydrogen-bond acceptors (Lipinski definition) is 5. The Morgan fingerprint density at radius 2 is 2.06 bits per heavy atom. The number of nitrogens with zero attached hydrogens (tertiary/aromatic N) is 2. The maximum atomic E-state index is 12.3. The predicted molar refractivity (Wildman–Crippen MR) is 125 cm³/mol. The number of ketones is 1. The van der Waals surface area contributed by atoms with Crippen molar-refractivity contribution in [3.63, 3.8) is 0 Å². The van der Waals surface area contributed by atoms with Gasteiger partial charge in [-0.15, -0.1) is 0 Å². The quantitative estimate of drug-likeness (QED) is 0.397. The minimum Gasteiger partial charge on any atom is -0.494 e. The van der Waals surface area contributed by atoms with Gasteiger partial charge in [-0.2, -0.15) is 0 Å². The SMILES string of the molecule is Cc1cc(OCCCC2CCN(c3ccc(Cl)cn3)CC2)ccc1C(=O)C[C@H](C)CO. The molecule has 1 aliphatic heterocycles. The van der Waals surface area contributed by atoms with Gasteiger partial charge < -0.3 is 14.7 Å². The number of rotatable bonds is 10. The van der Waals surface area contributed by atoms with Crippen molar-refractivity contribution >= 4 is 23.2 Å². The van der Waals surface area contributed by atoms with Gasteiger partial charge in [-0.25, -0.2) is 4.98 Å². The first-order valence-electron chi connectivity index (χ1n) is 11.2. The molecule has 6 heteroatoms. The van der Waals surface area contributed by atoms with Crippen LogP contribution in [0.15, 0.2) is 36.5 Å². The Hall–Kier alpha value is -2.11. The zero-order valence-corrected chi connectivity index (χ0v) is 19.3. The average Bonchev–Trinajstić information content (AvgIpc) is 2.77. The molecule has 5 nitrogen and oxygen atoms in total. The van der Waals surface area contributed by atoms with Gasteiger partial charge in [0.15, 0.2) is 5.78 Å². The summed E-state index contributed by atoms with van der Waals surface area (Å²) in [5, 5.41) is 9.82. The van der Waals surface area contributed by atoms with E-state index < -0.39 is 0 Å². The number of Topliss-reactive ketones (excluding diaryl/α,β-unsaturated/α-hetero) is 1. The summed E-state index contributed by atoms with van der Waals surface area (Å²) < 4.78 is 5.93. The average molecular weight is 445 g/mol. The first-order chi connectivity index (χ1) is 15.0. The Balaban J connectivity index is 1.38. The molecule has 1 aliphatic rings. The zero-order valence-electron chi connectivity index (χ0n) is 18.5. The van der Waals surface area contributed by atoms with Gasteiger partial charge in [0.05, 0.1) is 11.6 Å². The zero-order chi connectivity index (χ0) is 22.2. The number of carbonyl (C=O) groups is 1. The van der Waals surface area contributed by atoms with Crippen molar-refractivity contribution in [3.8, 4) is 5.75 Å². The molecule has 31 heavy (non-hydrogen) atoms. The maximum absolute atomic E-state index is 12.3. The summed E-state index contributed by atoms with van der Waals surface area (Å²) in [7, 11) is 0. The van der Waals surface area contributed by atoms with Crippen LogP contribution in [0.4, 0.5) is 5.82 Å². The van der Waals surface area contributed by atoms with Gasteiger partial charge in [-0.1, -0.05) is 18.5 Å². The van der Waals surface area contributed by atoms with Crippen LogP contribution in [-0.2, 0) is 0 Å². The lowest BCUT2D eigenvalue weighted by molar-refractivity contribution is 0.0943. The topological polar surface area (TPSA) is 62.7 Å². The molecule has 1 aromatic carbocycles. The second-order valence-corrected chi connectivity index (χ2v) is 9.08. The number of anilines is 1. The fourth-order valence-corrected chi connectivity index (χ4v) is 4.21. The van der Waals surface area contributed by atoms with Crippen molar-refractivity contribution in [3.05, 3.63) is 52.7 Å². The summed E-state index contributed by atoms with van der Waals surface area (Å²) in [5.41, 5.74) is 1.64. The molecule has 1 fully saturated rings. The number of ether oxygens (including phenoxy) is 1. The number of aromatic nitrogens is 1. The van der Waals surface area contributed by atoms with Crippen LogP contribution in [0, 0.1) is 18.8 Å². The van der Waals surface area contributed by atoms with E-state index in [0.29, 0.717) is 18.1 Å². The van der Waals surface area contributed by atoms with Crippen LogP contribution in [0.3, 0.4) is 0 Å². The summed E-state index contributed by atoms with van der Waals surface area (Å²) in [6, 6.07) is 9.55. The number of piperidine rings is 1. The number of carbonyl (C=O) groups excluding carboxylic acids is 1. The molecule has 3 rings (SSSR count). The van der Waals surface area contributed by atoms with E-state index in [0.717, 1.165) is 54.5 Å². The van der Waals surface area contributed by atoms with Gasteiger partial charge in [0, 0.05) is 37.9 Å². The summed E-state index contributed by atoms with van der Waals surface area (Å²) in [4.78, 5) is 19.1. The van der Waals surface area contributed by atoms with E-state index in [-0.39, 0.29) is 18.3 Å². The molecule has 2 aromatic rings. The monoisotopic (exact) mass is 444 g/mol. The minimum absolute atomic E-state index is 0.0165. The van der Waals surface area contributed by atoms with Crippen molar-refractivity contribution in [2.24, 2.45) is 11.8 Å². The van der Waals surface area contributed by atoms with Gasteiger partial charge in [0.2, 0.25) is 0 Å². The second kappa shape index (κ2) is 11.5. The highest BCUT2D eigenvalue weighted by Crippen LogP contribution is 2.26. The van der Waals surface area contributed by atoms with Gasteiger partial charge in [-0.3, -0.25) is 4.79 Å². The molecule has 1 N–H and O–H groups in total. The summed E-state index contributed by atoms with van der Waals surface area (Å²) >= 11 is 5.93. The highest BCUT2D eigenvalue weighted by molar-refractivity contribution is 6.30. The van der Waals surface area contributed by atoms with E-state index in [1.807, 2.05) is 44.2 Å². The fourth-order valence-electron chi connectivity index (χ4n) is 4.10. The van der Waals surface area contributed by atoms with Crippen LogP contribution in [0.25, 0.3) is 0 Å². The summed E-state index contributed by atoms with van der Waals surface area (Å²) in [5.74, 6) is 2.60. The number of aliphatic hydroxyl groups is 1. The first kappa shape index (κ1) is 23.6. The Bertz CT molecular complexity index is 848. The van der Waals surface area contributed by atoms with E-state index >= 15 is 0 Å². The summed E-state index contributed by atoms with van der Waals surface area (Å²) in [6.07, 6.45) is 6.61. The molecule has 1 aromatic heterocycles. The third kappa shape index (κ3) is 6.94. The molecular formula is C25H33ClN2O3. The van der Waals surface area contributed by atoms with E-state index in [4.69, 9.17) is 21.4 Å². The Kier molecular flexibility index (Phi) is 8.73. The van der Waals surface area contributed by atoms with E-state index in [1.54, 1.807) is 6.20 Å². The van der Waals surface area contributed by atoms with Crippen molar-refractivity contribution in [1.82, 2.24) is 4.98 Å². The number of halogens is 1. The number of pyridine rings is 1. The van der Waals surface area contributed by atoms with Crippen LogP contribution < -0.4 is 9.64 Å². The minimum atomic E-state index is -0.0165. The lowest BCUT2D eigenvalue weighted by Gasteiger charge is -2.32. The van der Waals surface area contributed by atoms with Gasteiger partial charge in [-0.05, 0) is 80.3 Å². The number of benzene rings is 1. The van der Waals surface area contributed by atoms with Gasteiger partial charge in [0.25, 0.3) is 0 Å². The Labute approximate surface area is 190 Å². The number of aliphatic hydroxyl groups excluding tert-OH is 1. The standard InChI is InChI=1S/C25H33ClN2O3/c1-18(17-29)14-24(30)23-7-6-22(15-19(23)2)31-13-3-4-20-9-11-28(12-10-20)25-8-5-21(26)16-27-25/h5-8,15-16,18,20,29H,3-4,9-14,17H2,1-2H3/t18-/m0/s1. The maximum Gasteiger partial charge on any atom is 0.163 e. The molecule has 0 radical (unpaired) electrons. The predicted octanol–water partition coefficient (Wildman–Crippen LogP) is 5.32. The highest BCUT2D eigenvalue weighted by Gasteiger charge is 2.20. The molecule has 1 saturated heterocycles. The molecular weight excluding hydrogens is 412 g/mol. The van der Waals surface area contributed by atoms with Crippen LogP contribution >= 0.6 is 11.6 Å². The normalized spacial score (nSPS) is 15.7. The molecule has 0 bridgehead atoms. The smallest absolute Gasteiger partial charge is 0.163 e. The second-order valence-electron chi connectivity index (χ2n) is 8.65. The Morgan fingerprint density at radius 1 is 1.29 bits per heavy atom. The van der Waals surface area contributed by atoms with Crippen LogP contribution in [0.2, 0.25) is 5.02 Å². The lowest BCUT2D eigenvalue weighted by atomic mass is 9.92. The van der Waals surface area contributed by atoms with Crippen molar-refractivity contribution < 1.29 is 14.6 Å². The molecule has 0 saturated carbocycles. The lowest BCUT2D eigenvalue weighted by Crippen LogP contribution is -2.34. The van der Waals surface area contributed by atoms with Crippen molar-refractivity contribution in [2.75, 3.05) is 31.2 Å². The fraction of sp³-hybridized carbons (Fsp3) is 0.520. The van der Waals surface area contributed by atoms with Crippen LogP contribution in [0.5, 0.6) is 5.75 Å². The molecule has 0 amide bonds. The molecule has 168 valence electrons. The first-order valence-corrected chi connectivity index (χ1v) is 11.6. The van der Waals surface area contributed by atoms with E-state index in [9.17, 15) is 4.79 Å². The number of aryl methyl sites for hydroxylation is 1. The van der Waals surface area contributed by atoms with E-state index in [2.05, 4.69) is 9.88 Å². The third-order valence-corrected chi connectivity index (χ3v) is 6.24. The highest BCUT2D eigenvalue weighted by atomic mass is 35.5.